The van der Waals surface area contributed by atoms with Crippen molar-refractivity contribution in [3.63, 3.8) is 0 Å². The first-order valence-electron chi connectivity index (χ1n) is 10.6. The molecule has 5 nitrogen and oxygen atoms in total. The first kappa shape index (κ1) is 21.6. The molecular weight excluding hydrogens is 449 g/mol. The van der Waals surface area contributed by atoms with Gasteiger partial charge in [0.25, 0.3) is 0 Å². The molecule has 5 rings (SSSR count). The van der Waals surface area contributed by atoms with Crippen LogP contribution in [0.4, 0.5) is 13.2 Å². The summed E-state index contributed by atoms with van der Waals surface area (Å²) in [5.74, 6) is 1.36. The van der Waals surface area contributed by atoms with Crippen molar-refractivity contribution >= 4 is 21.4 Å². The number of thiophene rings is 1. The average Bonchev–Trinajstić information content (AvgIpc) is 3.36. The van der Waals surface area contributed by atoms with Gasteiger partial charge in [0, 0.05) is 17.0 Å². The molecule has 0 radical (unpaired) electrons. The first-order chi connectivity index (χ1) is 15.9. The highest BCUT2D eigenvalue weighted by atomic mass is 32.1. The molecule has 0 amide bonds. The van der Waals surface area contributed by atoms with Crippen LogP contribution < -0.4 is 4.74 Å². The molecular formula is C24H21F3N4OS. The smallest absolute Gasteiger partial charge is 0.425 e. The number of hydrogen-bond donors (Lipinski definition) is 1. The number of allylic oxidation sites excluding steroid dienone is 1. The molecule has 1 fully saturated rings. The van der Waals surface area contributed by atoms with Gasteiger partial charge in [-0.1, -0.05) is 29.5 Å². The third-order valence-electron chi connectivity index (χ3n) is 5.82. The lowest BCUT2D eigenvalue weighted by atomic mass is 9.95. The first-order valence-corrected chi connectivity index (χ1v) is 11.4. The SMILES string of the molecule is C=CC(Cc1nn[nH]n1)c1ccc(OCc2ccc3sc(C(F)(F)F)c(C4CC4)c3c2)cc1. The fourth-order valence-corrected chi connectivity index (χ4v) is 5.16. The molecule has 0 saturated heterocycles. The minimum Gasteiger partial charge on any atom is -0.489 e. The number of hydrogen-bond acceptors (Lipinski definition) is 5. The van der Waals surface area contributed by atoms with Gasteiger partial charge in [-0.25, -0.2) is 0 Å². The molecule has 1 N–H and O–H groups in total. The van der Waals surface area contributed by atoms with Crippen LogP contribution in [0.15, 0.2) is 55.1 Å². The van der Waals surface area contributed by atoms with E-state index in [1.165, 1.54) is 0 Å². The van der Waals surface area contributed by atoms with E-state index in [0.717, 1.165) is 35.3 Å². The Labute approximate surface area is 192 Å². The summed E-state index contributed by atoms with van der Waals surface area (Å²) >= 11 is 0.841. The monoisotopic (exact) mass is 470 g/mol. The van der Waals surface area contributed by atoms with E-state index in [1.807, 2.05) is 42.5 Å². The van der Waals surface area contributed by atoms with Gasteiger partial charge >= 0.3 is 6.18 Å². The van der Waals surface area contributed by atoms with Gasteiger partial charge in [-0.05, 0) is 65.1 Å². The molecule has 1 saturated carbocycles. The lowest BCUT2D eigenvalue weighted by Gasteiger charge is -2.12. The van der Waals surface area contributed by atoms with Gasteiger partial charge in [-0.15, -0.1) is 28.1 Å². The van der Waals surface area contributed by atoms with Gasteiger partial charge in [-0.3, -0.25) is 0 Å². The minimum atomic E-state index is -4.31. The van der Waals surface area contributed by atoms with E-state index in [4.69, 9.17) is 4.74 Å². The summed E-state index contributed by atoms with van der Waals surface area (Å²) in [5.41, 5.74) is 2.36. The average molecular weight is 471 g/mol. The zero-order valence-electron chi connectivity index (χ0n) is 17.6. The van der Waals surface area contributed by atoms with Gasteiger partial charge in [0.2, 0.25) is 0 Å². The van der Waals surface area contributed by atoms with E-state index in [0.29, 0.717) is 33.6 Å². The Bertz CT molecular complexity index is 1260. The molecule has 0 spiro atoms. The van der Waals surface area contributed by atoms with Gasteiger partial charge in [0.05, 0.1) is 0 Å². The Hall–Kier alpha value is -3.20. The number of tetrazole rings is 1. The summed E-state index contributed by atoms with van der Waals surface area (Å²) in [7, 11) is 0. The van der Waals surface area contributed by atoms with Gasteiger partial charge < -0.3 is 4.74 Å². The predicted octanol–water partition coefficient (Wildman–Crippen LogP) is 6.40. The van der Waals surface area contributed by atoms with E-state index < -0.39 is 11.1 Å². The molecule has 2 heterocycles. The number of ether oxygens (including phenoxy) is 1. The highest BCUT2D eigenvalue weighted by molar-refractivity contribution is 7.19. The van der Waals surface area contributed by atoms with E-state index in [-0.39, 0.29) is 18.4 Å². The van der Waals surface area contributed by atoms with Crippen LogP contribution in [0.1, 0.15) is 52.1 Å². The minimum absolute atomic E-state index is 0.0179. The molecule has 9 heteroatoms. The largest absolute Gasteiger partial charge is 0.489 e. The van der Waals surface area contributed by atoms with Crippen LogP contribution in [0.2, 0.25) is 0 Å². The second-order valence-corrected chi connectivity index (χ2v) is 9.23. The van der Waals surface area contributed by atoms with Crippen LogP contribution in [-0.4, -0.2) is 20.6 Å². The summed E-state index contributed by atoms with van der Waals surface area (Å²) in [4.78, 5) is -0.453. The highest BCUT2D eigenvalue weighted by Crippen LogP contribution is 2.52. The number of aromatic amines is 1. The number of fused-ring (bicyclic) bond motifs is 1. The summed E-state index contributed by atoms with van der Waals surface area (Å²) in [5, 5.41) is 14.7. The number of alkyl halides is 3. The summed E-state index contributed by atoms with van der Waals surface area (Å²) in [6.07, 6.45) is -0.243. The number of H-pyrrole nitrogens is 1. The number of aromatic nitrogens is 4. The van der Waals surface area contributed by atoms with E-state index >= 15 is 0 Å². The lowest BCUT2D eigenvalue weighted by Crippen LogP contribution is -2.04. The van der Waals surface area contributed by atoms with Crippen molar-refractivity contribution in [3.8, 4) is 5.75 Å². The Kier molecular flexibility index (Phi) is 5.65. The van der Waals surface area contributed by atoms with Crippen LogP contribution >= 0.6 is 11.3 Å². The van der Waals surface area contributed by atoms with Crippen molar-refractivity contribution in [2.45, 2.75) is 43.9 Å². The molecule has 1 atom stereocenters. The third kappa shape index (κ3) is 4.64. The maximum absolute atomic E-state index is 13.5. The van der Waals surface area contributed by atoms with Crippen molar-refractivity contribution in [1.29, 1.82) is 0 Å². The van der Waals surface area contributed by atoms with E-state index in [1.54, 1.807) is 6.07 Å². The van der Waals surface area contributed by atoms with Crippen molar-refractivity contribution in [2.24, 2.45) is 0 Å². The van der Waals surface area contributed by atoms with Crippen molar-refractivity contribution in [3.05, 3.63) is 82.5 Å². The van der Waals surface area contributed by atoms with Crippen molar-refractivity contribution in [2.75, 3.05) is 0 Å². The van der Waals surface area contributed by atoms with Crippen LogP contribution in [-0.2, 0) is 19.2 Å². The topological polar surface area (TPSA) is 63.7 Å². The molecule has 33 heavy (non-hydrogen) atoms. The summed E-state index contributed by atoms with van der Waals surface area (Å²) in [6, 6.07) is 13.1. The summed E-state index contributed by atoms with van der Waals surface area (Å²) < 4.78 is 47.2. The number of nitrogens with zero attached hydrogens (tertiary/aromatic N) is 3. The number of benzene rings is 2. The Morgan fingerprint density at radius 3 is 2.61 bits per heavy atom. The molecule has 1 aliphatic rings. The molecule has 2 aromatic carbocycles. The zero-order valence-corrected chi connectivity index (χ0v) is 18.4. The Balaban J connectivity index is 1.30. The van der Waals surface area contributed by atoms with Crippen LogP contribution in [0.5, 0.6) is 5.75 Å². The fraction of sp³-hybridized carbons (Fsp3) is 0.292. The molecule has 1 unspecified atom stereocenters. The number of rotatable bonds is 8. The molecule has 170 valence electrons. The lowest BCUT2D eigenvalue weighted by molar-refractivity contribution is -0.134. The van der Waals surface area contributed by atoms with E-state index in [9.17, 15) is 13.2 Å². The van der Waals surface area contributed by atoms with Gasteiger partial charge in [0.1, 0.15) is 17.2 Å². The normalized spacial score (nSPS) is 15.0. The highest BCUT2D eigenvalue weighted by Gasteiger charge is 2.41. The molecule has 0 aliphatic heterocycles. The third-order valence-corrected chi connectivity index (χ3v) is 7.06. The van der Waals surface area contributed by atoms with Crippen LogP contribution in [0, 0.1) is 0 Å². The molecule has 4 aromatic rings. The van der Waals surface area contributed by atoms with Crippen molar-refractivity contribution < 1.29 is 17.9 Å². The van der Waals surface area contributed by atoms with Crippen LogP contribution in [0.3, 0.4) is 0 Å². The van der Waals surface area contributed by atoms with Crippen molar-refractivity contribution in [1.82, 2.24) is 20.6 Å². The number of nitrogens with one attached hydrogen (secondary N) is 1. The van der Waals surface area contributed by atoms with Crippen LogP contribution in [0.25, 0.3) is 10.1 Å². The standard InChI is InChI=1S/C24H21F3N4OS/c1-2-15(12-21-28-30-31-29-21)16-6-8-18(9-7-16)32-13-14-3-10-20-19(11-14)22(17-4-5-17)23(33-20)24(25,26)27/h2-3,6-11,15,17H,1,4-5,12-13H2,(H,28,29,30,31). The second-order valence-electron chi connectivity index (χ2n) is 8.18. The Morgan fingerprint density at radius 2 is 1.97 bits per heavy atom. The van der Waals surface area contributed by atoms with E-state index in [2.05, 4.69) is 27.2 Å². The van der Waals surface area contributed by atoms with Gasteiger partial charge in [-0.2, -0.15) is 18.4 Å². The fourth-order valence-electron chi connectivity index (χ4n) is 4.02. The molecule has 1 aliphatic carbocycles. The summed E-state index contributed by atoms with van der Waals surface area (Å²) in [6.45, 7) is 4.18. The zero-order chi connectivity index (χ0) is 23.0. The van der Waals surface area contributed by atoms with Gasteiger partial charge in [0.15, 0.2) is 5.82 Å². The molecule has 2 aromatic heterocycles. The quantitative estimate of drug-likeness (QED) is 0.303. The second kappa shape index (κ2) is 8.62. The maximum atomic E-state index is 13.5. The predicted molar refractivity (Wildman–Crippen MR) is 120 cm³/mol. The molecule has 0 bridgehead atoms. The maximum Gasteiger partial charge on any atom is 0.425 e. The number of halogens is 3. The Morgan fingerprint density at radius 1 is 1.18 bits per heavy atom.